The number of hydrogen-bond donors (Lipinski definition) is 0. The Morgan fingerprint density at radius 2 is 2.18 bits per heavy atom. The lowest BCUT2D eigenvalue weighted by atomic mass is 10.1. The number of hydrogen-bond acceptors (Lipinski definition) is 2. The molecule has 0 amide bonds. The molecule has 0 radical (unpaired) electrons. The van der Waals surface area contributed by atoms with Crippen LogP contribution in [-0.2, 0) is 0 Å². The van der Waals surface area contributed by atoms with Gasteiger partial charge in [-0.05, 0) is 25.5 Å². The van der Waals surface area contributed by atoms with E-state index in [2.05, 4.69) is 16.9 Å². The van der Waals surface area contributed by atoms with Crippen molar-refractivity contribution >= 4 is 6.21 Å². The number of aryl methyl sites for hydroxylation is 2. The fourth-order valence-corrected chi connectivity index (χ4v) is 1.03. The van der Waals surface area contributed by atoms with Crippen molar-refractivity contribution in [2.45, 2.75) is 13.8 Å². The predicted molar refractivity (Wildman–Crippen MR) is 47.2 cm³/mol. The summed E-state index contributed by atoms with van der Waals surface area (Å²) in [5, 5.41) is 0. The fraction of sp³-hybridized carbons (Fsp3) is 0.333. The maximum Gasteiger partial charge on any atom is 0.0462 e. The molecule has 2 nitrogen and oxygen atoms in total. The molecule has 1 aromatic rings. The minimum absolute atomic E-state index is 1.04. The maximum atomic E-state index is 4.17. The molecule has 0 aliphatic carbocycles. The van der Waals surface area contributed by atoms with Gasteiger partial charge in [-0.25, -0.2) is 0 Å². The highest BCUT2D eigenvalue weighted by Gasteiger charge is 1.97. The summed E-state index contributed by atoms with van der Waals surface area (Å²) in [6, 6.07) is 1.99. The second kappa shape index (κ2) is 3.28. The van der Waals surface area contributed by atoms with E-state index in [-0.39, 0.29) is 0 Å². The summed E-state index contributed by atoms with van der Waals surface area (Å²) in [5.41, 5.74) is 3.40. The SMILES string of the molecule is CN=Cc1c(C)ccnc1C. The molecule has 11 heavy (non-hydrogen) atoms. The Hall–Kier alpha value is -1.18. The molecular formula is C9H12N2. The quantitative estimate of drug-likeness (QED) is 0.557. The first-order chi connectivity index (χ1) is 5.25. The standard InChI is InChI=1S/C9H12N2/c1-7-4-5-11-8(2)9(7)6-10-3/h4-6H,1-3H3. The third-order valence-electron chi connectivity index (χ3n) is 1.67. The van der Waals surface area contributed by atoms with Crippen LogP contribution in [0.4, 0.5) is 0 Å². The van der Waals surface area contributed by atoms with E-state index in [1.54, 1.807) is 7.05 Å². The highest BCUT2D eigenvalue weighted by atomic mass is 14.7. The predicted octanol–water partition coefficient (Wildman–Crippen LogP) is 1.75. The Balaban J connectivity index is 3.20. The van der Waals surface area contributed by atoms with Crippen LogP contribution in [0.25, 0.3) is 0 Å². The average molecular weight is 148 g/mol. The molecule has 0 aromatic carbocycles. The van der Waals surface area contributed by atoms with Gasteiger partial charge in [-0.2, -0.15) is 0 Å². The van der Waals surface area contributed by atoms with E-state index in [4.69, 9.17) is 0 Å². The summed E-state index contributed by atoms with van der Waals surface area (Å²) in [7, 11) is 1.77. The van der Waals surface area contributed by atoms with Gasteiger partial charge < -0.3 is 0 Å². The van der Waals surface area contributed by atoms with Gasteiger partial charge in [0.2, 0.25) is 0 Å². The van der Waals surface area contributed by atoms with Crippen molar-refractivity contribution in [2.75, 3.05) is 7.05 Å². The lowest BCUT2D eigenvalue weighted by Crippen LogP contribution is -1.93. The molecule has 0 unspecified atom stereocenters. The molecule has 0 N–H and O–H groups in total. The largest absolute Gasteiger partial charge is 0.296 e. The van der Waals surface area contributed by atoms with Crippen LogP contribution in [0.1, 0.15) is 16.8 Å². The van der Waals surface area contributed by atoms with Crippen LogP contribution in [-0.4, -0.2) is 18.2 Å². The molecule has 2 heteroatoms. The first-order valence-electron chi connectivity index (χ1n) is 3.60. The van der Waals surface area contributed by atoms with Gasteiger partial charge in [-0.1, -0.05) is 0 Å². The zero-order valence-electron chi connectivity index (χ0n) is 7.13. The van der Waals surface area contributed by atoms with E-state index < -0.39 is 0 Å². The van der Waals surface area contributed by atoms with E-state index >= 15 is 0 Å². The number of aliphatic imine (C=N–C) groups is 1. The molecule has 1 rings (SSSR count). The van der Waals surface area contributed by atoms with Crippen LogP contribution < -0.4 is 0 Å². The van der Waals surface area contributed by atoms with Gasteiger partial charge in [-0.3, -0.25) is 9.98 Å². The number of nitrogens with zero attached hydrogens (tertiary/aromatic N) is 2. The van der Waals surface area contributed by atoms with Gasteiger partial charge in [0, 0.05) is 30.7 Å². The molecule has 0 aliphatic heterocycles. The fourth-order valence-electron chi connectivity index (χ4n) is 1.03. The normalized spacial score (nSPS) is 10.8. The Labute approximate surface area is 67.0 Å². The topological polar surface area (TPSA) is 25.2 Å². The lowest BCUT2D eigenvalue weighted by molar-refractivity contribution is 1.16. The highest BCUT2D eigenvalue weighted by molar-refractivity contribution is 5.82. The summed E-state index contributed by atoms with van der Waals surface area (Å²) >= 11 is 0. The van der Waals surface area contributed by atoms with Gasteiger partial charge in [0.25, 0.3) is 0 Å². The molecule has 0 spiro atoms. The summed E-state index contributed by atoms with van der Waals surface area (Å²) in [5.74, 6) is 0. The molecule has 58 valence electrons. The Morgan fingerprint density at radius 1 is 1.45 bits per heavy atom. The van der Waals surface area contributed by atoms with Crippen molar-refractivity contribution in [1.82, 2.24) is 4.98 Å². The molecule has 0 atom stereocenters. The molecule has 1 aromatic heterocycles. The Bertz CT molecular complexity index is 257. The van der Waals surface area contributed by atoms with Gasteiger partial charge in [-0.15, -0.1) is 0 Å². The van der Waals surface area contributed by atoms with E-state index in [1.165, 1.54) is 5.56 Å². The molecular weight excluding hydrogens is 136 g/mol. The maximum absolute atomic E-state index is 4.17. The van der Waals surface area contributed by atoms with Gasteiger partial charge in [0.05, 0.1) is 0 Å². The van der Waals surface area contributed by atoms with Crippen LogP contribution in [0, 0.1) is 13.8 Å². The number of rotatable bonds is 1. The van der Waals surface area contributed by atoms with Crippen LogP contribution >= 0.6 is 0 Å². The van der Waals surface area contributed by atoms with E-state index in [9.17, 15) is 0 Å². The highest BCUT2D eigenvalue weighted by Crippen LogP contribution is 2.06. The summed E-state index contributed by atoms with van der Waals surface area (Å²) in [6.07, 6.45) is 3.66. The van der Waals surface area contributed by atoms with Crippen molar-refractivity contribution in [3.8, 4) is 0 Å². The first kappa shape index (κ1) is 7.92. The molecule has 0 saturated heterocycles. The van der Waals surface area contributed by atoms with Crippen molar-refractivity contribution < 1.29 is 0 Å². The van der Waals surface area contributed by atoms with E-state index in [0.29, 0.717) is 0 Å². The molecule has 0 bridgehead atoms. The summed E-state index contributed by atoms with van der Waals surface area (Å²) in [6.45, 7) is 4.05. The van der Waals surface area contributed by atoms with Crippen molar-refractivity contribution in [1.29, 1.82) is 0 Å². The molecule has 1 heterocycles. The van der Waals surface area contributed by atoms with Gasteiger partial charge in [0.1, 0.15) is 0 Å². The van der Waals surface area contributed by atoms with E-state index in [1.807, 2.05) is 25.4 Å². The van der Waals surface area contributed by atoms with Gasteiger partial charge >= 0.3 is 0 Å². The number of aromatic nitrogens is 1. The smallest absolute Gasteiger partial charge is 0.0462 e. The molecule has 0 fully saturated rings. The van der Waals surface area contributed by atoms with Crippen molar-refractivity contribution in [3.05, 3.63) is 29.1 Å². The summed E-state index contributed by atoms with van der Waals surface area (Å²) in [4.78, 5) is 8.13. The lowest BCUT2D eigenvalue weighted by Gasteiger charge is -2.01. The first-order valence-corrected chi connectivity index (χ1v) is 3.60. The Kier molecular flexibility index (Phi) is 2.36. The second-order valence-corrected chi connectivity index (χ2v) is 2.51. The summed E-state index contributed by atoms with van der Waals surface area (Å²) < 4.78 is 0. The third kappa shape index (κ3) is 1.64. The molecule has 0 aliphatic rings. The van der Waals surface area contributed by atoms with Crippen LogP contribution in [0.3, 0.4) is 0 Å². The number of pyridine rings is 1. The zero-order valence-corrected chi connectivity index (χ0v) is 7.13. The van der Waals surface area contributed by atoms with Crippen LogP contribution in [0.15, 0.2) is 17.3 Å². The molecule has 0 saturated carbocycles. The Morgan fingerprint density at radius 3 is 2.73 bits per heavy atom. The third-order valence-corrected chi connectivity index (χ3v) is 1.67. The monoisotopic (exact) mass is 148 g/mol. The average Bonchev–Trinajstić information content (AvgIpc) is 1.97. The van der Waals surface area contributed by atoms with Crippen molar-refractivity contribution in [2.24, 2.45) is 4.99 Å². The van der Waals surface area contributed by atoms with E-state index in [0.717, 1.165) is 11.3 Å². The minimum atomic E-state index is 1.04. The zero-order chi connectivity index (χ0) is 8.27. The minimum Gasteiger partial charge on any atom is -0.296 e. The van der Waals surface area contributed by atoms with Crippen molar-refractivity contribution in [3.63, 3.8) is 0 Å². The van der Waals surface area contributed by atoms with Crippen LogP contribution in [0.2, 0.25) is 0 Å². The van der Waals surface area contributed by atoms with Gasteiger partial charge in [0.15, 0.2) is 0 Å². The van der Waals surface area contributed by atoms with Crippen LogP contribution in [0.5, 0.6) is 0 Å². The second-order valence-electron chi connectivity index (χ2n) is 2.51.